The molecule has 0 unspecified atom stereocenters. The summed E-state index contributed by atoms with van der Waals surface area (Å²) in [7, 11) is 0. The molecule has 0 spiro atoms. The fourth-order valence-corrected chi connectivity index (χ4v) is 2.99. The predicted molar refractivity (Wildman–Crippen MR) is 68.5 cm³/mol. The summed E-state index contributed by atoms with van der Waals surface area (Å²) in [6.07, 6.45) is 3.66. The van der Waals surface area contributed by atoms with Gasteiger partial charge in [0.25, 0.3) is 0 Å². The molecule has 0 aromatic heterocycles. The Balaban J connectivity index is 2.46. The minimum absolute atomic E-state index is 0.197. The Kier molecular flexibility index (Phi) is 2.98. The van der Waals surface area contributed by atoms with Crippen molar-refractivity contribution in [3.05, 3.63) is 34.4 Å². The molecule has 1 aliphatic rings. The summed E-state index contributed by atoms with van der Waals surface area (Å²) in [5, 5.41) is 9.01. The lowest BCUT2D eigenvalue weighted by molar-refractivity contribution is -0.138. The van der Waals surface area contributed by atoms with Crippen LogP contribution < -0.4 is 0 Å². The second-order valence-electron chi connectivity index (χ2n) is 5.70. The number of carboxylic acids is 1. The van der Waals surface area contributed by atoms with E-state index < -0.39 is 5.97 Å². The fourth-order valence-electron chi connectivity index (χ4n) is 2.99. The number of benzene rings is 1. The quantitative estimate of drug-likeness (QED) is 0.868. The summed E-state index contributed by atoms with van der Waals surface area (Å²) in [6.45, 7) is 6.22. The fraction of sp³-hybridized carbons (Fsp3) is 0.533. The molecule has 1 aromatic carbocycles. The standard InChI is InChI=1S/C15H20O2/c1-10-7-8-13(12-6-4-5-11(10)12)15(2,3)9-14(16)17/h7-8H,4-6,9H2,1-3H3,(H,16,17). The van der Waals surface area contributed by atoms with Gasteiger partial charge in [-0.1, -0.05) is 26.0 Å². The molecule has 0 bridgehead atoms. The minimum atomic E-state index is -0.720. The van der Waals surface area contributed by atoms with E-state index in [-0.39, 0.29) is 11.8 Å². The van der Waals surface area contributed by atoms with Crippen molar-refractivity contribution >= 4 is 5.97 Å². The Morgan fingerprint density at radius 2 is 1.94 bits per heavy atom. The lowest BCUT2D eigenvalue weighted by Crippen LogP contribution is -2.23. The largest absolute Gasteiger partial charge is 0.481 e. The van der Waals surface area contributed by atoms with Gasteiger partial charge < -0.3 is 5.11 Å². The van der Waals surface area contributed by atoms with Gasteiger partial charge in [-0.2, -0.15) is 0 Å². The molecule has 0 atom stereocenters. The number of hydrogen-bond donors (Lipinski definition) is 1. The number of aryl methyl sites for hydroxylation is 1. The van der Waals surface area contributed by atoms with Crippen molar-refractivity contribution in [2.45, 2.75) is 51.9 Å². The van der Waals surface area contributed by atoms with Crippen LogP contribution >= 0.6 is 0 Å². The lowest BCUT2D eigenvalue weighted by atomic mass is 9.77. The molecule has 0 saturated carbocycles. The summed E-state index contributed by atoms with van der Waals surface area (Å²) in [6, 6.07) is 4.27. The normalized spacial score (nSPS) is 14.8. The van der Waals surface area contributed by atoms with Crippen LogP contribution in [0.1, 0.15) is 48.9 Å². The molecule has 2 heteroatoms. The van der Waals surface area contributed by atoms with Crippen LogP contribution in [0.4, 0.5) is 0 Å². The van der Waals surface area contributed by atoms with Gasteiger partial charge in [0, 0.05) is 5.41 Å². The summed E-state index contributed by atoms with van der Waals surface area (Å²) >= 11 is 0. The maximum Gasteiger partial charge on any atom is 0.304 e. The zero-order chi connectivity index (χ0) is 12.6. The molecular formula is C15H20O2. The highest BCUT2D eigenvalue weighted by Crippen LogP contribution is 2.36. The second-order valence-corrected chi connectivity index (χ2v) is 5.70. The van der Waals surface area contributed by atoms with Gasteiger partial charge in [-0.3, -0.25) is 4.79 Å². The van der Waals surface area contributed by atoms with Crippen molar-refractivity contribution in [1.82, 2.24) is 0 Å². The summed E-state index contributed by atoms with van der Waals surface area (Å²) in [5.74, 6) is -0.720. The van der Waals surface area contributed by atoms with E-state index in [0.29, 0.717) is 0 Å². The zero-order valence-electron chi connectivity index (χ0n) is 10.8. The summed E-state index contributed by atoms with van der Waals surface area (Å²) in [4.78, 5) is 11.0. The van der Waals surface area contributed by atoms with Crippen LogP contribution in [-0.4, -0.2) is 11.1 Å². The van der Waals surface area contributed by atoms with Gasteiger partial charge in [0.2, 0.25) is 0 Å². The van der Waals surface area contributed by atoms with E-state index in [4.69, 9.17) is 5.11 Å². The van der Waals surface area contributed by atoms with Gasteiger partial charge in [-0.15, -0.1) is 0 Å². The van der Waals surface area contributed by atoms with Crippen molar-refractivity contribution in [1.29, 1.82) is 0 Å². The number of rotatable bonds is 3. The average molecular weight is 232 g/mol. The molecule has 0 saturated heterocycles. The molecule has 0 heterocycles. The molecule has 2 nitrogen and oxygen atoms in total. The molecule has 1 N–H and O–H groups in total. The molecule has 0 amide bonds. The lowest BCUT2D eigenvalue weighted by Gasteiger charge is -2.26. The van der Waals surface area contributed by atoms with E-state index in [1.165, 1.54) is 28.7 Å². The van der Waals surface area contributed by atoms with E-state index in [1.807, 2.05) is 13.8 Å². The first-order chi connectivity index (χ1) is 7.92. The van der Waals surface area contributed by atoms with Gasteiger partial charge in [0.05, 0.1) is 6.42 Å². The molecule has 1 aliphatic carbocycles. The molecule has 92 valence electrons. The highest BCUT2D eigenvalue weighted by Gasteiger charge is 2.29. The third kappa shape index (κ3) is 2.21. The average Bonchev–Trinajstić information content (AvgIpc) is 2.64. The Hall–Kier alpha value is -1.31. The number of fused-ring (bicyclic) bond motifs is 1. The van der Waals surface area contributed by atoms with Crippen molar-refractivity contribution in [2.75, 3.05) is 0 Å². The first-order valence-corrected chi connectivity index (χ1v) is 6.25. The molecule has 0 fully saturated rings. The van der Waals surface area contributed by atoms with Crippen molar-refractivity contribution in [2.24, 2.45) is 0 Å². The van der Waals surface area contributed by atoms with Crippen molar-refractivity contribution < 1.29 is 9.90 Å². The van der Waals surface area contributed by atoms with Gasteiger partial charge in [-0.25, -0.2) is 0 Å². The Labute approximate surface area is 103 Å². The van der Waals surface area contributed by atoms with E-state index >= 15 is 0 Å². The van der Waals surface area contributed by atoms with Gasteiger partial charge >= 0.3 is 5.97 Å². The molecule has 1 aromatic rings. The van der Waals surface area contributed by atoms with Crippen LogP contribution in [0.15, 0.2) is 12.1 Å². The third-order valence-electron chi connectivity index (χ3n) is 3.84. The maximum absolute atomic E-state index is 11.0. The van der Waals surface area contributed by atoms with Crippen molar-refractivity contribution in [3.8, 4) is 0 Å². The Morgan fingerprint density at radius 1 is 1.29 bits per heavy atom. The summed E-state index contributed by atoms with van der Waals surface area (Å²) in [5.41, 5.74) is 5.19. The molecule has 0 radical (unpaired) electrons. The summed E-state index contributed by atoms with van der Waals surface area (Å²) < 4.78 is 0. The van der Waals surface area contributed by atoms with Crippen LogP contribution in [0.25, 0.3) is 0 Å². The van der Waals surface area contributed by atoms with Crippen LogP contribution in [0, 0.1) is 6.92 Å². The van der Waals surface area contributed by atoms with Gasteiger partial charge in [-0.05, 0) is 48.4 Å². The maximum atomic E-state index is 11.0. The van der Waals surface area contributed by atoms with Gasteiger partial charge in [0.15, 0.2) is 0 Å². The van der Waals surface area contributed by atoms with E-state index in [0.717, 1.165) is 12.8 Å². The van der Waals surface area contributed by atoms with Crippen LogP contribution in [0.3, 0.4) is 0 Å². The molecule has 2 rings (SSSR count). The monoisotopic (exact) mass is 232 g/mol. The van der Waals surface area contributed by atoms with E-state index in [1.54, 1.807) is 0 Å². The van der Waals surface area contributed by atoms with Crippen LogP contribution in [0.2, 0.25) is 0 Å². The molecule has 17 heavy (non-hydrogen) atoms. The van der Waals surface area contributed by atoms with Crippen LogP contribution in [0.5, 0.6) is 0 Å². The highest BCUT2D eigenvalue weighted by atomic mass is 16.4. The van der Waals surface area contributed by atoms with Crippen molar-refractivity contribution in [3.63, 3.8) is 0 Å². The predicted octanol–water partition coefficient (Wildman–Crippen LogP) is 3.24. The third-order valence-corrected chi connectivity index (χ3v) is 3.84. The number of aliphatic carboxylic acids is 1. The Bertz CT molecular complexity index is 458. The van der Waals surface area contributed by atoms with Crippen LogP contribution in [-0.2, 0) is 23.1 Å². The molecule has 0 aliphatic heterocycles. The first-order valence-electron chi connectivity index (χ1n) is 6.25. The zero-order valence-corrected chi connectivity index (χ0v) is 10.8. The van der Waals surface area contributed by atoms with E-state index in [9.17, 15) is 4.79 Å². The number of carboxylic acid groups (broad SMARTS) is 1. The smallest absolute Gasteiger partial charge is 0.304 e. The number of hydrogen-bond acceptors (Lipinski definition) is 1. The SMILES string of the molecule is Cc1ccc(C(C)(C)CC(=O)O)c2c1CCC2. The second kappa shape index (κ2) is 4.17. The number of carbonyl (C=O) groups is 1. The van der Waals surface area contributed by atoms with Gasteiger partial charge in [0.1, 0.15) is 0 Å². The Morgan fingerprint density at radius 3 is 2.59 bits per heavy atom. The topological polar surface area (TPSA) is 37.3 Å². The van der Waals surface area contributed by atoms with E-state index in [2.05, 4.69) is 19.1 Å². The highest BCUT2D eigenvalue weighted by molar-refractivity contribution is 5.69. The molecular weight excluding hydrogens is 212 g/mol. The minimum Gasteiger partial charge on any atom is -0.481 e. The first kappa shape index (κ1) is 12.2.